The Morgan fingerprint density at radius 2 is 2.33 bits per heavy atom. The first kappa shape index (κ1) is 10.2. The second-order valence-corrected chi connectivity index (χ2v) is 3.75. The Morgan fingerprint density at radius 3 is 2.87 bits per heavy atom. The van der Waals surface area contributed by atoms with Crippen molar-refractivity contribution in [3.05, 3.63) is 23.7 Å². The molecule has 0 unspecified atom stereocenters. The molecule has 0 spiro atoms. The number of methoxy groups -OCH3 is 1. The van der Waals surface area contributed by atoms with Crippen LogP contribution in [0.4, 0.5) is 0 Å². The van der Waals surface area contributed by atoms with E-state index < -0.39 is 5.97 Å². The van der Waals surface area contributed by atoms with Gasteiger partial charge in [0, 0.05) is 0 Å². The maximum absolute atomic E-state index is 11.2. The van der Waals surface area contributed by atoms with Crippen LogP contribution < -0.4 is 5.90 Å². The molecule has 1 heterocycles. The van der Waals surface area contributed by atoms with Crippen molar-refractivity contribution in [3.63, 3.8) is 0 Å². The standard InChI is InChI=1S/C10H13NO4/c1-13-9(12)7-2-3-8(15-7)10(4-5-10)6-14-11/h2-3H,4-6,11H2,1H3. The molecule has 0 radical (unpaired) electrons. The minimum atomic E-state index is -0.467. The average Bonchev–Trinajstić information content (AvgIpc) is 2.85. The summed E-state index contributed by atoms with van der Waals surface area (Å²) in [6.45, 7) is 0.418. The predicted octanol–water partition coefficient (Wildman–Crippen LogP) is 0.988. The third-order valence-corrected chi connectivity index (χ3v) is 2.73. The number of nitrogens with two attached hydrogens (primary N) is 1. The third-order valence-electron chi connectivity index (χ3n) is 2.73. The molecule has 0 aliphatic heterocycles. The summed E-state index contributed by atoms with van der Waals surface area (Å²) in [5, 5.41) is 0. The minimum absolute atomic E-state index is 0.124. The largest absolute Gasteiger partial charge is 0.463 e. The van der Waals surface area contributed by atoms with Crippen LogP contribution in [0, 0.1) is 0 Å². The van der Waals surface area contributed by atoms with Gasteiger partial charge >= 0.3 is 5.97 Å². The molecule has 1 aliphatic rings. The number of ether oxygens (including phenoxy) is 1. The van der Waals surface area contributed by atoms with E-state index in [1.54, 1.807) is 12.1 Å². The highest BCUT2D eigenvalue weighted by Gasteiger charge is 2.47. The highest BCUT2D eigenvalue weighted by atomic mass is 16.6. The van der Waals surface area contributed by atoms with Gasteiger partial charge in [0.2, 0.25) is 5.76 Å². The van der Waals surface area contributed by atoms with E-state index in [0.29, 0.717) is 6.61 Å². The SMILES string of the molecule is COC(=O)c1ccc(C2(CON)CC2)o1. The van der Waals surface area contributed by atoms with Crippen LogP contribution in [0.2, 0.25) is 0 Å². The van der Waals surface area contributed by atoms with Gasteiger partial charge in [-0.1, -0.05) is 0 Å². The Morgan fingerprint density at radius 1 is 1.60 bits per heavy atom. The van der Waals surface area contributed by atoms with E-state index in [9.17, 15) is 4.79 Å². The van der Waals surface area contributed by atoms with Crippen LogP contribution in [0.3, 0.4) is 0 Å². The molecule has 5 heteroatoms. The van der Waals surface area contributed by atoms with Gasteiger partial charge in [-0.15, -0.1) is 0 Å². The lowest BCUT2D eigenvalue weighted by Crippen LogP contribution is -2.17. The number of hydrogen-bond acceptors (Lipinski definition) is 5. The molecule has 1 aliphatic carbocycles. The molecule has 0 aromatic carbocycles. The van der Waals surface area contributed by atoms with Gasteiger partial charge < -0.3 is 14.0 Å². The second kappa shape index (κ2) is 3.67. The van der Waals surface area contributed by atoms with Gasteiger partial charge in [0.05, 0.1) is 19.1 Å². The summed E-state index contributed by atoms with van der Waals surface area (Å²) in [7, 11) is 1.32. The fraction of sp³-hybridized carbons (Fsp3) is 0.500. The lowest BCUT2D eigenvalue weighted by molar-refractivity contribution is 0.0557. The maximum Gasteiger partial charge on any atom is 0.373 e. The lowest BCUT2D eigenvalue weighted by Gasteiger charge is -2.09. The first-order valence-electron chi connectivity index (χ1n) is 4.72. The smallest absolute Gasteiger partial charge is 0.373 e. The van der Waals surface area contributed by atoms with Gasteiger partial charge in [-0.3, -0.25) is 0 Å². The molecule has 1 saturated carbocycles. The molecule has 15 heavy (non-hydrogen) atoms. The average molecular weight is 211 g/mol. The van der Waals surface area contributed by atoms with E-state index in [0.717, 1.165) is 18.6 Å². The number of carbonyl (C=O) groups is 1. The molecule has 1 fully saturated rings. The van der Waals surface area contributed by atoms with Gasteiger partial charge in [0.15, 0.2) is 0 Å². The lowest BCUT2D eigenvalue weighted by atomic mass is 10.1. The fourth-order valence-corrected chi connectivity index (χ4v) is 1.61. The zero-order valence-corrected chi connectivity index (χ0v) is 8.49. The molecule has 5 nitrogen and oxygen atoms in total. The zero-order valence-electron chi connectivity index (χ0n) is 8.49. The van der Waals surface area contributed by atoms with Crippen molar-refractivity contribution >= 4 is 5.97 Å². The monoisotopic (exact) mass is 211 g/mol. The Labute approximate surface area is 87.1 Å². The molecule has 0 amide bonds. The van der Waals surface area contributed by atoms with Crippen molar-refractivity contribution in [2.75, 3.05) is 13.7 Å². The summed E-state index contributed by atoms with van der Waals surface area (Å²) in [5.74, 6) is 5.55. The van der Waals surface area contributed by atoms with E-state index >= 15 is 0 Å². The first-order valence-corrected chi connectivity index (χ1v) is 4.72. The number of rotatable bonds is 4. The van der Waals surface area contributed by atoms with E-state index in [2.05, 4.69) is 9.57 Å². The van der Waals surface area contributed by atoms with E-state index in [1.165, 1.54) is 7.11 Å². The Bertz CT molecular complexity index is 367. The molecular formula is C10H13NO4. The first-order chi connectivity index (χ1) is 7.22. The molecule has 2 N–H and O–H groups in total. The highest BCUT2D eigenvalue weighted by Crippen LogP contribution is 2.48. The molecule has 82 valence electrons. The van der Waals surface area contributed by atoms with Crippen LogP contribution in [-0.4, -0.2) is 19.7 Å². The molecule has 0 bridgehead atoms. The number of hydrogen-bond donors (Lipinski definition) is 1. The van der Waals surface area contributed by atoms with Gasteiger partial charge in [0.25, 0.3) is 0 Å². The quantitative estimate of drug-likeness (QED) is 0.593. The van der Waals surface area contributed by atoms with E-state index in [-0.39, 0.29) is 11.2 Å². The van der Waals surface area contributed by atoms with Crippen molar-refractivity contribution in [2.45, 2.75) is 18.3 Å². The summed E-state index contributed by atoms with van der Waals surface area (Å²) in [6.07, 6.45) is 1.94. The van der Waals surface area contributed by atoms with Crippen LogP contribution in [0.15, 0.2) is 16.5 Å². The normalized spacial score (nSPS) is 17.5. The van der Waals surface area contributed by atoms with Crippen LogP contribution in [0.5, 0.6) is 0 Å². The third kappa shape index (κ3) is 1.75. The maximum atomic E-state index is 11.2. The van der Waals surface area contributed by atoms with Crippen molar-refractivity contribution in [1.29, 1.82) is 0 Å². The molecule has 1 aromatic heterocycles. The second-order valence-electron chi connectivity index (χ2n) is 3.75. The molecule has 2 rings (SSSR count). The summed E-state index contributed by atoms with van der Waals surface area (Å²) in [6, 6.07) is 3.38. The minimum Gasteiger partial charge on any atom is -0.463 e. The number of esters is 1. The van der Waals surface area contributed by atoms with E-state index in [1.807, 2.05) is 0 Å². The Balaban J connectivity index is 2.17. The van der Waals surface area contributed by atoms with Crippen LogP contribution in [0.25, 0.3) is 0 Å². The summed E-state index contributed by atoms with van der Waals surface area (Å²) >= 11 is 0. The molecule has 0 atom stereocenters. The highest BCUT2D eigenvalue weighted by molar-refractivity contribution is 5.86. The molecular weight excluding hydrogens is 198 g/mol. The fourth-order valence-electron chi connectivity index (χ4n) is 1.61. The predicted molar refractivity (Wildman–Crippen MR) is 51.1 cm³/mol. The number of furan rings is 1. The van der Waals surface area contributed by atoms with Crippen molar-refractivity contribution in [1.82, 2.24) is 0 Å². The van der Waals surface area contributed by atoms with Crippen molar-refractivity contribution < 1.29 is 18.8 Å². The zero-order chi connectivity index (χ0) is 10.9. The Kier molecular flexibility index (Phi) is 2.50. The van der Waals surface area contributed by atoms with E-state index in [4.69, 9.17) is 10.3 Å². The van der Waals surface area contributed by atoms with Gasteiger partial charge in [-0.2, -0.15) is 0 Å². The number of carbonyl (C=O) groups excluding carboxylic acids is 1. The van der Waals surface area contributed by atoms with Crippen LogP contribution >= 0.6 is 0 Å². The van der Waals surface area contributed by atoms with Crippen LogP contribution in [-0.2, 0) is 15.0 Å². The summed E-state index contributed by atoms with van der Waals surface area (Å²) < 4.78 is 9.96. The van der Waals surface area contributed by atoms with Gasteiger partial charge in [-0.05, 0) is 25.0 Å². The summed E-state index contributed by atoms with van der Waals surface area (Å²) in [5.41, 5.74) is -0.124. The molecule has 1 aromatic rings. The summed E-state index contributed by atoms with van der Waals surface area (Å²) in [4.78, 5) is 15.8. The van der Waals surface area contributed by atoms with Crippen molar-refractivity contribution in [2.24, 2.45) is 5.90 Å². The Hall–Kier alpha value is -1.33. The van der Waals surface area contributed by atoms with Crippen molar-refractivity contribution in [3.8, 4) is 0 Å². The topological polar surface area (TPSA) is 74.7 Å². The van der Waals surface area contributed by atoms with Crippen LogP contribution in [0.1, 0.15) is 29.2 Å². The van der Waals surface area contributed by atoms with Gasteiger partial charge in [-0.25, -0.2) is 10.7 Å². The molecule has 0 saturated heterocycles. The van der Waals surface area contributed by atoms with Gasteiger partial charge in [0.1, 0.15) is 5.76 Å².